The molecule has 0 N–H and O–H groups in total. The molecule has 0 aliphatic carbocycles. The highest BCUT2D eigenvalue weighted by Crippen LogP contribution is 2.40. The van der Waals surface area contributed by atoms with E-state index in [9.17, 15) is 18.0 Å². The smallest absolute Gasteiger partial charge is 0.286 e. The van der Waals surface area contributed by atoms with Crippen LogP contribution < -0.4 is 0 Å². The second-order valence-corrected chi connectivity index (χ2v) is 6.81. The number of carbonyl (C=O) groups is 1. The van der Waals surface area contributed by atoms with Crippen LogP contribution in [0.1, 0.15) is 71.1 Å². The van der Waals surface area contributed by atoms with E-state index in [4.69, 9.17) is 0 Å². The van der Waals surface area contributed by atoms with E-state index >= 15 is 0 Å². The van der Waals surface area contributed by atoms with Crippen molar-refractivity contribution in [3.63, 3.8) is 0 Å². The van der Waals surface area contributed by atoms with Gasteiger partial charge in [0, 0.05) is 17.2 Å². The molecule has 0 amide bonds. The summed E-state index contributed by atoms with van der Waals surface area (Å²) >= 11 is 0. The van der Waals surface area contributed by atoms with Crippen molar-refractivity contribution in [3.8, 4) is 0 Å². The molecular weight excluding hydrogens is 293 g/mol. The third kappa shape index (κ3) is 16.1. The Kier molecular flexibility index (Phi) is 12.0. The van der Waals surface area contributed by atoms with E-state index in [2.05, 4.69) is 6.92 Å². The van der Waals surface area contributed by atoms with Gasteiger partial charge in [-0.05, 0) is 17.2 Å². The molecule has 0 bridgehead atoms. The first-order valence-corrected chi connectivity index (χ1v) is 9.06. The highest BCUT2D eigenvalue weighted by Gasteiger charge is 2.30. The van der Waals surface area contributed by atoms with Crippen molar-refractivity contribution in [1.82, 2.24) is 0 Å². The average molecular weight is 316 g/mol. The molecule has 0 saturated heterocycles. The minimum atomic E-state index is -4.32. The van der Waals surface area contributed by atoms with E-state index in [0.717, 1.165) is 12.8 Å². The first kappa shape index (κ1) is 19.2. The van der Waals surface area contributed by atoms with Crippen LogP contribution in [0, 0.1) is 0 Å². The molecule has 1 nitrogen and oxygen atoms in total. The second-order valence-electron chi connectivity index (χ2n) is 4.56. The van der Waals surface area contributed by atoms with Gasteiger partial charge in [-0.25, -0.2) is 0 Å². The highest BCUT2D eigenvalue weighted by atomic mass is 33.1. The Morgan fingerprint density at radius 1 is 0.895 bits per heavy atom. The van der Waals surface area contributed by atoms with Gasteiger partial charge in [0.1, 0.15) is 0 Å². The number of halogens is 3. The van der Waals surface area contributed by atoms with Crippen LogP contribution in [0.15, 0.2) is 0 Å². The van der Waals surface area contributed by atoms with Crippen LogP contribution in [-0.4, -0.2) is 10.6 Å². The quantitative estimate of drug-likeness (QED) is 0.327. The summed E-state index contributed by atoms with van der Waals surface area (Å²) in [5.74, 6) is 0. The molecule has 0 aliphatic rings. The minimum absolute atomic E-state index is 0.254. The zero-order valence-electron chi connectivity index (χ0n) is 11.4. The van der Waals surface area contributed by atoms with Crippen molar-refractivity contribution in [2.45, 2.75) is 76.6 Å². The summed E-state index contributed by atoms with van der Waals surface area (Å²) < 4.78 is 35.5. The summed E-state index contributed by atoms with van der Waals surface area (Å²) in [6.45, 7) is 2.19. The number of hydrogen-bond donors (Lipinski definition) is 0. The standard InChI is InChI=1S/C13H23F3OS2/c1-2-3-4-5-6-7-8-9-10-11-12(17)18-19-13(14,15)16/h2-11H2,1H3. The fourth-order valence-corrected chi connectivity index (χ4v) is 2.94. The molecule has 0 heterocycles. The SMILES string of the molecule is CCCCCCCCCCCC(=O)SSC(F)(F)F. The molecule has 0 unspecified atom stereocenters. The fraction of sp³-hybridized carbons (Fsp3) is 0.923. The van der Waals surface area contributed by atoms with Gasteiger partial charge in [-0.3, -0.25) is 4.79 Å². The first-order valence-electron chi connectivity index (χ1n) is 6.91. The molecule has 6 heteroatoms. The maximum atomic E-state index is 11.8. The van der Waals surface area contributed by atoms with Gasteiger partial charge in [0.15, 0.2) is 5.12 Å². The lowest BCUT2D eigenvalue weighted by Crippen LogP contribution is -1.99. The molecule has 0 spiro atoms. The van der Waals surface area contributed by atoms with Gasteiger partial charge >= 0.3 is 5.51 Å². The predicted molar refractivity (Wildman–Crippen MR) is 78.1 cm³/mol. The van der Waals surface area contributed by atoms with Crippen LogP contribution in [0.2, 0.25) is 0 Å². The molecule has 0 atom stereocenters. The summed E-state index contributed by atoms with van der Waals surface area (Å²) in [7, 11) is 0.00179. The molecular formula is C13H23F3OS2. The van der Waals surface area contributed by atoms with Crippen LogP contribution in [0.3, 0.4) is 0 Å². The highest BCUT2D eigenvalue weighted by molar-refractivity contribution is 8.82. The minimum Gasteiger partial charge on any atom is -0.286 e. The summed E-state index contributed by atoms with van der Waals surface area (Å²) in [5.41, 5.74) is -4.32. The van der Waals surface area contributed by atoms with E-state index in [-0.39, 0.29) is 22.3 Å². The van der Waals surface area contributed by atoms with Crippen molar-refractivity contribution < 1.29 is 18.0 Å². The average Bonchev–Trinajstić information content (AvgIpc) is 2.33. The van der Waals surface area contributed by atoms with Crippen LogP contribution in [0.25, 0.3) is 0 Å². The molecule has 0 radical (unpaired) electrons. The van der Waals surface area contributed by atoms with Gasteiger partial charge in [0.2, 0.25) is 0 Å². The maximum absolute atomic E-state index is 11.8. The molecule has 114 valence electrons. The predicted octanol–water partition coefficient (Wildman–Crippen LogP) is 6.34. The number of carbonyl (C=O) groups excluding carboxylic acids is 1. The molecule has 0 aromatic rings. The van der Waals surface area contributed by atoms with Crippen molar-refractivity contribution >= 4 is 26.7 Å². The topological polar surface area (TPSA) is 17.1 Å². The Bertz CT molecular complexity index is 232. The van der Waals surface area contributed by atoms with Crippen LogP contribution in [-0.2, 0) is 4.79 Å². The normalized spacial score (nSPS) is 11.8. The largest absolute Gasteiger partial charge is 0.452 e. The molecule has 0 saturated carbocycles. The van der Waals surface area contributed by atoms with Gasteiger partial charge in [0.05, 0.1) is 0 Å². The van der Waals surface area contributed by atoms with E-state index < -0.39 is 5.51 Å². The van der Waals surface area contributed by atoms with Crippen LogP contribution in [0.4, 0.5) is 13.2 Å². The summed E-state index contributed by atoms with van der Waals surface area (Å²) in [4.78, 5) is 11.1. The number of unbranched alkanes of at least 4 members (excludes halogenated alkanes) is 8. The van der Waals surface area contributed by atoms with E-state index in [1.54, 1.807) is 0 Å². The van der Waals surface area contributed by atoms with Crippen LogP contribution in [0.5, 0.6) is 0 Å². The third-order valence-corrected chi connectivity index (χ3v) is 4.75. The number of hydrogen-bond acceptors (Lipinski definition) is 3. The Labute approximate surface area is 121 Å². The summed E-state index contributed by atoms with van der Waals surface area (Å²) in [5, 5.41) is -0.370. The van der Waals surface area contributed by atoms with Gasteiger partial charge < -0.3 is 0 Å². The molecule has 0 aromatic carbocycles. The van der Waals surface area contributed by atoms with Crippen molar-refractivity contribution in [2.75, 3.05) is 0 Å². The molecule has 0 fully saturated rings. The van der Waals surface area contributed by atoms with Gasteiger partial charge in [-0.15, -0.1) is 0 Å². The summed E-state index contributed by atoms with van der Waals surface area (Å²) in [6, 6.07) is 0. The Morgan fingerprint density at radius 2 is 1.37 bits per heavy atom. The van der Waals surface area contributed by atoms with Gasteiger partial charge in [0.25, 0.3) is 0 Å². The van der Waals surface area contributed by atoms with E-state index in [1.807, 2.05) is 0 Å². The molecule has 0 rings (SSSR count). The van der Waals surface area contributed by atoms with Gasteiger partial charge in [-0.1, -0.05) is 58.3 Å². The lowest BCUT2D eigenvalue weighted by molar-refractivity contribution is -0.111. The number of alkyl halides is 3. The molecule has 0 aromatic heterocycles. The molecule has 0 aliphatic heterocycles. The number of rotatable bonds is 11. The van der Waals surface area contributed by atoms with E-state index in [1.165, 1.54) is 38.5 Å². The van der Waals surface area contributed by atoms with Crippen molar-refractivity contribution in [2.24, 2.45) is 0 Å². The van der Waals surface area contributed by atoms with Crippen molar-refractivity contribution in [1.29, 1.82) is 0 Å². The Hall–Kier alpha value is 0.160. The zero-order valence-corrected chi connectivity index (χ0v) is 13.1. The summed E-state index contributed by atoms with van der Waals surface area (Å²) in [6.07, 6.45) is 10.5. The molecule has 19 heavy (non-hydrogen) atoms. The van der Waals surface area contributed by atoms with Crippen molar-refractivity contribution in [3.05, 3.63) is 0 Å². The van der Waals surface area contributed by atoms with Gasteiger partial charge in [-0.2, -0.15) is 13.2 Å². The first-order chi connectivity index (χ1) is 8.95. The van der Waals surface area contributed by atoms with E-state index in [0.29, 0.717) is 17.2 Å². The third-order valence-electron chi connectivity index (χ3n) is 2.71. The lowest BCUT2D eigenvalue weighted by Gasteiger charge is -2.04. The Balaban J connectivity index is 3.23. The monoisotopic (exact) mass is 316 g/mol. The van der Waals surface area contributed by atoms with Crippen LogP contribution >= 0.6 is 21.6 Å². The second kappa shape index (κ2) is 11.9. The maximum Gasteiger partial charge on any atom is 0.452 e. The Morgan fingerprint density at radius 3 is 1.84 bits per heavy atom. The lowest BCUT2D eigenvalue weighted by atomic mass is 10.1. The zero-order chi connectivity index (χ0) is 14.6. The fourth-order valence-electron chi connectivity index (χ4n) is 1.72.